The van der Waals surface area contributed by atoms with E-state index in [1.54, 1.807) is 0 Å². The van der Waals surface area contributed by atoms with Gasteiger partial charge in [0, 0.05) is 24.7 Å². The summed E-state index contributed by atoms with van der Waals surface area (Å²) in [6.07, 6.45) is 3.96. The number of hydrogen-bond donors (Lipinski definition) is 1. The van der Waals surface area contributed by atoms with Crippen LogP contribution >= 0.6 is 0 Å². The minimum absolute atomic E-state index is 0.361. The molecule has 0 aromatic carbocycles. The number of aryl methyl sites for hydroxylation is 1. The van der Waals surface area contributed by atoms with Crippen molar-refractivity contribution in [3.63, 3.8) is 0 Å². The zero-order valence-electron chi connectivity index (χ0n) is 9.49. The summed E-state index contributed by atoms with van der Waals surface area (Å²) in [7, 11) is 0. The summed E-state index contributed by atoms with van der Waals surface area (Å²) in [5.74, 6) is 0. The van der Waals surface area contributed by atoms with Crippen LogP contribution in [0.15, 0.2) is 12.4 Å². The molecule has 0 bridgehead atoms. The number of nitrogens with one attached hydrogen (secondary N) is 1. The van der Waals surface area contributed by atoms with Gasteiger partial charge in [-0.05, 0) is 12.5 Å². The maximum Gasteiger partial charge on any atom is 0.0554 e. The van der Waals surface area contributed by atoms with Crippen molar-refractivity contribution in [2.24, 2.45) is 5.41 Å². The van der Waals surface area contributed by atoms with Crippen molar-refractivity contribution in [1.82, 2.24) is 15.1 Å². The quantitative estimate of drug-likeness (QED) is 0.730. The molecule has 4 nitrogen and oxygen atoms in total. The van der Waals surface area contributed by atoms with Crippen LogP contribution in [-0.2, 0) is 11.3 Å². The second-order valence-corrected chi connectivity index (χ2v) is 4.76. The van der Waals surface area contributed by atoms with Crippen molar-refractivity contribution >= 4 is 0 Å². The first kappa shape index (κ1) is 10.6. The van der Waals surface area contributed by atoms with Crippen LogP contribution in [0.2, 0.25) is 0 Å². The normalized spacial score (nSPS) is 18.8. The van der Waals surface area contributed by atoms with E-state index in [4.69, 9.17) is 4.74 Å². The Morgan fingerprint density at radius 2 is 2.40 bits per heavy atom. The SMILES string of the molecule is Cc1cnn(CCNCC2(C)COC2)c1. The molecule has 2 heterocycles. The van der Waals surface area contributed by atoms with Gasteiger partial charge >= 0.3 is 0 Å². The van der Waals surface area contributed by atoms with Gasteiger partial charge in [-0.25, -0.2) is 0 Å². The van der Waals surface area contributed by atoms with Crippen LogP contribution in [-0.4, -0.2) is 36.1 Å². The van der Waals surface area contributed by atoms with E-state index in [0.29, 0.717) is 5.41 Å². The molecule has 0 unspecified atom stereocenters. The summed E-state index contributed by atoms with van der Waals surface area (Å²) < 4.78 is 7.17. The van der Waals surface area contributed by atoms with Gasteiger partial charge in [-0.3, -0.25) is 4.68 Å². The molecule has 1 saturated heterocycles. The fourth-order valence-corrected chi connectivity index (χ4v) is 1.73. The van der Waals surface area contributed by atoms with Gasteiger partial charge in [0.15, 0.2) is 0 Å². The Kier molecular flexibility index (Phi) is 3.07. The Balaban J connectivity index is 1.63. The van der Waals surface area contributed by atoms with E-state index in [2.05, 4.69) is 30.5 Å². The fraction of sp³-hybridized carbons (Fsp3) is 0.727. The molecule has 84 valence electrons. The van der Waals surface area contributed by atoms with Crippen LogP contribution in [0.4, 0.5) is 0 Å². The molecule has 0 amide bonds. The Bertz CT molecular complexity index is 317. The van der Waals surface area contributed by atoms with Crippen molar-refractivity contribution in [3.8, 4) is 0 Å². The number of ether oxygens (including phenoxy) is 1. The molecular formula is C11H19N3O. The van der Waals surface area contributed by atoms with E-state index in [9.17, 15) is 0 Å². The molecular weight excluding hydrogens is 190 g/mol. The van der Waals surface area contributed by atoms with Gasteiger partial charge in [0.2, 0.25) is 0 Å². The zero-order chi connectivity index (χ0) is 10.7. The maximum atomic E-state index is 5.20. The highest BCUT2D eigenvalue weighted by Gasteiger charge is 2.32. The van der Waals surface area contributed by atoms with Crippen molar-refractivity contribution in [3.05, 3.63) is 18.0 Å². The molecule has 4 heteroatoms. The molecule has 1 N–H and O–H groups in total. The average Bonchev–Trinajstić information content (AvgIpc) is 2.56. The summed E-state index contributed by atoms with van der Waals surface area (Å²) in [6.45, 7) is 9.03. The first-order valence-corrected chi connectivity index (χ1v) is 5.46. The summed E-state index contributed by atoms with van der Waals surface area (Å²) in [5.41, 5.74) is 1.58. The average molecular weight is 209 g/mol. The standard InChI is InChI=1S/C11H19N3O/c1-10-5-13-14(6-10)4-3-12-7-11(2)8-15-9-11/h5-6,12H,3-4,7-9H2,1-2H3. The largest absolute Gasteiger partial charge is 0.380 e. The summed E-state index contributed by atoms with van der Waals surface area (Å²) in [5, 5.41) is 7.68. The predicted octanol–water partition coefficient (Wildman–Crippen LogP) is 0.818. The van der Waals surface area contributed by atoms with Gasteiger partial charge in [-0.15, -0.1) is 0 Å². The maximum absolute atomic E-state index is 5.20. The molecule has 2 rings (SSSR count). The lowest BCUT2D eigenvalue weighted by Crippen LogP contribution is -2.47. The highest BCUT2D eigenvalue weighted by atomic mass is 16.5. The van der Waals surface area contributed by atoms with Gasteiger partial charge in [0.25, 0.3) is 0 Å². The predicted molar refractivity (Wildman–Crippen MR) is 58.8 cm³/mol. The molecule has 0 aliphatic carbocycles. The third-order valence-electron chi connectivity index (χ3n) is 2.73. The fourth-order valence-electron chi connectivity index (χ4n) is 1.73. The Hall–Kier alpha value is -0.870. The highest BCUT2D eigenvalue weighted by Crippen LogP contribution is 2.24. The molecule has 1 aliphatic rings. The topological polar surface area (TPSA) is 39.1 Å². The van der Waals surface area contributed by atoms with Crippen molar-refractivity contribution in [2.75, 3.05) is 26.3 Å². The highest BCUT2D eigenvalue weighted by molar-refractivity contribution is 4.99. The molecule has 0 saturated carbocycles. The Labute approximate surface area is 90.6 Å². The number of aromatic nitrogens is 2. The Morgan fingerprint density at radius 3 is 2.93 bits per heavy atom. The molecule has 1 aromatic heterocycles. The third kappa shape index (κ3) is 2.79. The number of rotatable bonds is 5. The molecule has 0 radical (unpaired) electrons. The van der Waals surface area contributed by atoms with Crippen LogP contribution in [0.5, 0.6) is 0 Å². The molecule has 0 atom stereocenters. The van der Waals surface area contributed by atoms with E-state index < -0.39 is 0 Å². The molecule has 0 spiro atoms. The van der Waals surface area contributed by atoms with E-state index in [0.717, 1.165) is 32.8 Å². The summed E-state index contributed by atoms with van der Waals surface area (Å²) in [6, 6.07) is 0. The van der Waals surface area contributed by atoms with Crippen LogP contribution in [0.1, 0.15) is 12.5 Å². The van der Waals surface area contributed by atoms with E-state index >= 15 is 0 Å². The lowest BCUT2D eigenvalue weighted by atomic mass is 9.89. The molecule has 1 aliphatic heterocycles. The second-order valence-electron chi connectivity index (χ2n) is 4.76. The number of nitrogens with zero attached hydrogens (tertiary/aromatic N) is 2. The smallest absolute Gasteiger partial charge is 0.0554 e. The van der Waals surface area contributed by atoms with E-state index in [-0.39, 0.29) is 0 Å². The van der Waals surface area contributed by atoms with E-state index in [1.807, 2.05) is 10.9 Å². The second kappa shape index (κ2) is 4.33. The van der Waals surface area contributed by atoms with Gasteiger partial charge in [-0.1, -0.05) is 6.92 Å². The van der Waals surface area contributed by atoms with E-state index in [1.165, 1.54) is 5.56 Å². The Morgan fingerprint density at radius 1 is 1.60 bits per heavy atom. The first-order chi connectivity index (χ1) is 7.18. The van der Waals surface area contributed by atoms with Crippen molar-refractivity contribution < 1.29 is 4.74 Å². The van der Waals surface area contributed by atoms with Crippen LogP contribution < -0.4 is 5.32 Å². The van der Waals surface area contributed by atoms with Crippen LogP contribution in [0.3, 0.4) is 0 Å². The van der Waals surface area contributed by atoms with Gasteiger partial charge in [0.1, 0.15) is 0 Å². The van der Waals surface area contributed by atoms with Gasteiger partial charge in [-0.2, -0.15) is 5.10 Å². The van der Waals surface area contributed by atoms with Crippen LogP contribution in [0, 0.1) is 12.3 Å². The van der Waals surface area contributed by atoms with Crippen molar-refractivity contribution in [2.45, 2.75) is 20.4 Å². The molecule has 1 fully saturated rings. The number of hydrogen-bond acceptors (Lipinski definition) is 3. The van der Waals surface area contributed by atoms with Gasteiger partial charge in [0.05, 0.1) is 26.0 Å². The molecule has 1 aromatic rings. The lowest BCUT2D eigenvalue weighted by Gasteiger charge is -2.38. The lowest BCUT2D eigenvalue weighted by molar-refractivity contribution is -0.0989. The monoisotopic (exact) mass is 209 g/mol. The van der Waals surface area contributed by atoms with Gasteiger partial charge < -0.3 is 10.1 Å². The first-order valence-electron chi connectivity index (χ1n) is 5.46. The third-order valence-corrected chi connectivity index (χ3v) is 2.73. The zero-order valence-corrected chi connectivity index (χ0v) is 9.49. The van der Waals surface area contributed by atoms with Crippen LogP contribution in [0.25, 0.3) is 0 Å². The molecule has 15 heavy (non-hydrogen) atoms. The van der Waals surface area contributed by atoms with Crippen molar-refractivity contribution in [1.29, 1.82) is 0 Å². The minimum Gasteiger partial charge on any atom is -0.380 e. The summed E-state index contributed by atoms with van der Waals surface area (Å²) in [4.78, 5) is 0. The summed E-state index contributed by atoms with van der Waals surface area (Å²) >= 11 is 0. The minimum atomic E-state index is 0.361.